The molecule has 1 unspecified atom stereocenters. The average molecular weight is 330 g/mol. The minimum Gasteiger partial charge on any atom is -0.376 e. The third kappa shape index (κ3) is 2.68. The molecule has 0 aliphatic carbocycles. The fourth-order valence-electron chi connectivity index (χ4n) is 2.46. The molecule has 0 saturated carbocycles. The normalized spacial score (nSPS) is 21.9. The van der Waals surface area contributed by atoms with Crippen LogP contribution in [0.3, 0.4) is 0 Å². The van der Waals surface area contributed by atoms with Crippen molar-refractivity contribution >= 4 is 27.7 Å². The van der Waals surface area contributed by atoms with Crippen LogP contribution in [0.15, 0.2) is 10.7 Å². The first-order chi connectivity index (χ1) is 9.25. The second kappa shape index (κ2) is 5.60. The number of hydrogen-bond donors (Lipinski definition) is 0. The zero-order valence-corrected chi connectivity index (χ0v) is 12.1. The van der Waals surface area contributed by atoms with E-state index in [0.29, 0.717) is 13.2 Å². The predicted molar refractivity (Wildman–Crippen MR) is 72.1 cm³/mol. The van der Waals surface area contributed by atoms with Crippen LogP contribution >= 0.6 is 15.9 Å². The van der Waals surface area contributed by atoms with Gasteiger partial charge in [0.15, 0.2) is 0 Å². The Balaban J connectivity index is 1.52. The molecule has 2 aliphatic rings. The van der Waals surface area contributed by atoms with Crippen molar-refractivity contribution in [3.63, 3.8) is 0 Å². The van der Waals surface area contributed by atoms with Crippen LogP contribution in [-0.2, 0) is 20.8 Å². The summed E-state index contributed by atoms with van der Waals surface area (Å²) in [6.45, 7) is 2.79. The van der Waals surface area contributed by atoms with Crippen LogP contribution in [0.2, 0.25) is 0 Å². The van der Waals surface area contributed by atoms with E-state index in [4.69, 9.17) is 9.47 Å². The molecule has 0 N–H and O–H groups in total. The lowest BCUT2D eigenvalue weighted by Crippen LogP contribution is -2.33. The van der Waals surface area contributed by atoms with Gasteiger partial charge in [-0.05, 0) is 28.8 Å². The lowest BCUT2D eigenvalue weighted by atomic mass is 10.2. The molecule has 104 valence electrons. The van der Waals surface area contributed by atoms with Crippen molar-refractivity contribution < 1.29 is 14.3 Å². The number of fused-ring (bicyclic) bond motifs is 1. The monoisotopic (exact) mass is 329 g/mol. The first-order valence-corrected chi connectivity index (χ1v) is 7.26. The summed E-state index contributed by atoms with van der Waals surface area (Å²) < 4.78 is 13.6. The van der Waals surface area contributed by atoms with Crippen molar-refractivity contribution in [2.45, 2.75) is 25.5 Å². The Morgan fingerprint density at radius 1 is 1.58 bits per heavy atom. The van der Waals surface area contributed by atoms with E-state index in [1.54, 1.807) is 11.1 Å². The quantitative estimate of drug-likeness (QED) is 0.832. The molecule has 1 aromatic heterocycles. The van der Waals surface area contributed by atoms with Crippen molar-refractivity contribution in [2.24, 2.45) is 0 Å². The summed E-state index contributed by atoms with van der Waals surface area (Å²) in [4.78, 5) is 13.8. The van der Waals surface area contributed by atoms with E-state index in [0.717, 1.165) is 36.3 Å². The highest BCUT2D eigenvalue weighted by Crippen LogP contribution is 2.29. The number of carbonyl (C=O) groups is 1. The molecule has 2 aliphatic heterocycles. The minimum absolute atomic E-state index is 0.0297. The molecule has 3 heterocycles. The third-order valence-electron chi connectivity index (χ3n) is 3.41. The molecule has 1 aromatic rings. The van der Waals surface area contributed by atoms with Crippen molar-refractivity contribution in [2.75, 3.05) is 31.3 Å². The molecule has 0 aromatic carbocycles. The molecule has 0 bridgehead atoms. The van der Waals surface area contributed by atoms with Crippen LogP contribution in [-0.4, -0.2) is 48.2 Å². The maximum absolute atomic E-state index is 12.1. The highest BCUT2D eigenvalue weighted by molar-refractivity contribution is 9.10. The van der Waals surface area contributed by atoms with E-state index in [1.165, 1.54) is 0 Å². The number of halogens is 1. The zero-order valence-electron chi connectivity index (χ0n) is 10.5. The fourth-order valence-corrected chi connectivity index (χ4v) is 2.97. The molecule has 0 spiro atoms. The smallest absolute Gasteiger partial charge is 0.254 e. The first-order valence-electron chi connectivity index (χ1n) is 6.47. The standard InChI is InChI=1S/C12H16BrN3O3/c13-10-6-14-16-4-3-15(12(10)16)11(17)8-18-7-9-2-1-5-19-9/h6,9H,1-5,7-8H2. The van der Waals surface area contributed by atoms with Gasteiger partial charge in [-0.2, -0.15) is 5.10 Å². The number of aromatic nitrogens is 2. The van der Waals surface area contributed by atoms with Gasteiger partial charge in [-0.1, -0.05) is 0 Å². The maximum atomic E-state index is 12.1. The molecule has 19 heavy (non-hydrogen) atoms. The molecule has 1 amide bonds. The topological polar surface area (TPSA) is 56.6 Å². The molecule has 7 heteroatoms. The third-order valence-corrected chi connectivity index (χ3v) is 3.97. The van der Waals surface area contributed by atoms with Gasteiger partial charge < -0.3 is 9.47 Å². The molecule has 1 fully saturated rings. The molecule has 1 saturated heterocycles. The fraction of sp³-hybridized carbons (Fsp3) is 0.667. The molecular formula is C12H16BrN3O3. The van der Waals surface area contributed by atoms with Crippen LogP contribution in [0, 0.1) is 0 Å². The summed E-state index contributed by atoms with van der Waals surface area (Å²) in [7, 11) is 0. The molecule has 0 radical (unpaired) electrons. The molecular weight excluding hydrogens is 314 g/mol. The summed E-state index contributed by atoms with van der Waals surface area (Å²) in [6, 6.07) is 0. The number of anilines is 1. The Labute approximate surface area is 119 Å². The Hall–Kier alpha value is -0.920. The highest BCUT2D eigenvalue weighted by Gasteiger charge is 2.28. The number of carbonyl (C=O) groups excluding carboxylic acids is 1. The molecule has 6 nitrogen and oxygen atoms in total. The minimum atomic E-state index is -0.0297. The number of hydrogen-bond acceptors (Lipinski definition) is 4. The number of amides is 1. The van der Waals surface area contributed by atoms with Gasteiger partial charge >= 0.3 is 0 Å². The van der Waals surface area contributed by atoms with Gasteiger partial charge in [0.05, 0.1) is 29.9 Å². The molecule has 1 atom stereocenters. The lowest BCUT2D eigenvalue weighted by molar-refractivity contribution is -0.124. The summed E-state index contributed by atoms with van der Waals surface area (Å²) in [6.07, 6.45) is 3.97. The Morgan fingerprint density at radius 2 is 2.47 bits per heavy atom. The van der Waals surface area contributed by atoms with Gasteiger partial charge in [0.1, 0.15) is 12.4 Å². The summed E-state index contributed by atoms with van der Waals surface area (Å²) in [5, 5.41) is 4.19. The van der Waals surface area contributed by atoms with E-state index in [9.17, 15) is 4.79 Å². The van der Waals surface area contributed by atoms with E-state index in [-0.39, 0.29) is 18.6 Å². The van der Waals surface area contributed by atoms with E-state index in [2.05, 4.69) is 21.0 Å². The number of ether oxygens (including phenoxy) is 2. The predicted octanol–water partition coefficient (Wildman–Crippen LogP) is 1.19. The van der Waals surface area contributed by atoms with Crippen molar-refractivity contribution in [1.29, 1.82) is 0 Å². The average Bonchev–Trinajstić information content (AvgIpc) is 3.09. The number of nitrogens with zero attached hydrogens (tertiary/aromatic N) is 3. The van der Waals surface area contributed by atoms with Crippen LogP contribution in [0.25, 0.3) is 0 Å². The van der Waals surface area contributed by atoms with Gasteiger partial charge in [0.25, 0.3) is 5.91 Å². The Kier molecular flexibility index (Phi) is 3.86. The largest absolute Gasteiger partial charge is 0.376 e. The first kappa shape index (κ1) is 13.1. The van der Waals surface area contributed by atoms with Crippen LogP contribution in [0.1, 0.15) is 12.8 Å². The second-order valence-electron chi connectivity index (χ2n) is 4.73. The van der Waals surface area contributed by atoms with E-state index >= 15 is 0 Å². The lowest BCUT2D eigenvalue weighted by Gasteiger charge is -2.16. The van der Waals surface area contributed by atoms with Crippen molar-refractivity contribution in [1.82, 2.24) is 9.78 Å². The maximum Gasteiger partial charge on any atom is 0.254 e. The zero-order chi connectivity index (χ0) is 13.2. The SMILES string of the molecule is O=C(COCC1CCCO1)N1CCn2ncc(Br)c21. The van der Waals surface area contributed by atoms with Crippen molar-refractivity contribution in [3.05, 3.63) is 10.7 Å². The van der Waals surface area contributed by atoms with Crippen LogP contribution < -0.4 is 4.90 Å². The van der Waals surface area contributed by atoms with Crippen molar-refractivity contribution in [3.8, 4) is 0 Å². The Morgan fingerprint density at radius 3 is 3.26 bits per heavy atom. The van der Waals surface area contributed by atoms with Gasteiger partial charge in [-0.25, -0.2) is 4.68 Å². The van der Waals surface area contributed by atoms with Crippen LogP contribution in [0.5, 0.6) is 0 Å². The van der Waals surface area contributed by atoms with Gasteiger partial charge in [-0.3, -0.25) is 9.69 Å². The number of rotatable bonds is 4. The summed E-state index contributed by atoms with van der Waals surface area (Å²) in [5.41, 5.74) is 0. The molecule has 3 rings (SSSR count). The summed E-state index contributed by atoms with van der Waals surface area (Å²) >= 11 is 3.41. The van der Waals surface area contributed by atoms with E-state index < -0.39 is 0 Å². The summed E-state index contributed by atoms with van der Waals surface area (Å²) in [5.74, 6) is 0.795. The second-order valence-corrected chi connectivity index (χ2v) is 5.59. The Bertz CT molecular complexity index is 471. The highest BCUT2D eigenvalue weighted by atomic mass is 79.9. The van der Waals surface area contributed by atoms with Gasteiger partial charge in [0.2, 0.25) is 0 Å². The van der Waals surface area contributed by atoms with E-state index in [1.807, 2.05) is 4.68 Å². The van der Waals surface area contributed by atoms with Gasteiger partial charge in [0, 0.05) is 13.2 Å². The van der Waals surface area contributed by atoms with Crippen LogP contribution in [0.4, 0.5) is 5.82 Å². The van der Waals surface area contributed by atoms with Gasteiger partial charge in [-0.15, -0.1) is 0 Å².